The van der Waals surface area contributed by atoms with Crippen LogP contribution in [0.15, 0.2) is 35.3 Å². The summed E-state index contributed by atoms with van der Waals surface area (Å²) in [4.78, 5) is 7.21. The highest BCUT2D eigenvalue weighted by atomic mass is 15.2. The average Bonchev–Trinajstić information content (AvgIpc) is 2.63. The molecule has 1 rings (SSSR count). The van der Waals surface area contributed by atoms with Gasteiger partial charge in [-0.05, 0) is 45.0 Å². The Hall–Kier alpha value is -1.55. The normalized spacial score (nSPS) is 13.1. The first-order valence-electron chi connectivity index (χ1n) is 9.50. The van der Waals surface area contributed by atoms with Crippen LogP contribution >= 0.6 is 0 Å². The van der Waals surface area contributed by atoms with Crippen LogP contribution in [0, 0.1) is 0 Å². The molecule has 1 aromatic rings. The zero-order valence-corrected chi connectivity index (χ0v) is 16.0. The van der Waals surface area contributed by atoms with E-state index in [0.29, 0.717) is 5.92 Å². The van der Waals surface area contributed by atoms with Crippen molar-refractivity contribution >= 4 is 5.96 Å². The third-order valence-corrected chi connectivity index (χ3v) is 4.32. The predicted molar refractivity (Wildman–Crippen MR) is 106 cm³/mol. The molecule has 0 saturated carbocycles. The molecule has 0 heterocycles. The Labute approximate surface area is 148 Å². The van der Waals surface area contributed by atoms with E-state index < -0.39 is 0 Å². The summed E-state index contributed by atoms with van der Waals surface area (Å²) in [6.45, 7) is 14.9. The Morgan fingerprint density at radius 1 is 1.04 bits per heavy atom. The highest BCUT2D eigenvalue weighted by molar-refractivity contribution is 5.79. The molecule has 0 saturated heterocycles. The molecule has 1 aromatic carbocycles. The van der Waals surface area contributed by atoms with E-state index in [1.54, 1.807) is 0 Å². The summed E-state index contributed by atoms with van der Waals surface area (Å²) in [5, 5.41) is 6.80. The number of benzene rings is 1. The predicted octanol–water partition coefficient (Wildman–Crippen LogP) is 3.47. The summed E-state index contributed by atoms with van der Waals surface area (Å²) < 4.78 is 0. The summed E-state index contributed by atoms with van der Waals surface area (Å²) in [6.07, 6.45) is 2.41. The van der Waals surface area contributed by atoms with Crippen LogP contribution in [0.3, 0.4) is 0 Å². The topological polar surface area (TPSA) is 39.7 Å². The monoisotopic (exact) mass is 332 g/mol. The second kappa shape index (κ2) is 12.8. The van der Waals surface area contributed by atoms with Gasteiger partial charge in [-0.2, -0.15) is 0 Å². The summed E-state index contributed by atoms with van der Waals surface area (Å²) in [5.41, 5.74) is 1.34. The molecule has 0 fully saturated rings. The number of hydrogen-bond acceptors (Lipinski definition) is 2. The number of unbranched alkanes of at least 4 members (excludes halogenated alkanes) is 1. The standard InChI is InChI=1S/C20H36N4/c1-5-21-20(22-15-11-12-16-24(6-2)7-3)23-17-18(4)19-13-9-8-10-14-19/h8-10,13-14,18H,5-7,11-12,15-17H2,1-4H3,(H2,21,22,23). The van der Waals surface area contributed by atoms with Crippen LogP contribution in [-0.4, -0.2) is 50.1 Å². The molecule has 1 atom stereocenters. The maximum atomic E-state index is 4.74. The first kappa shape index (κ1) is 20.5. The van der Waals surface area contributed by atoms with E-state index in [1.807, 2.05) is 0 Å². The molecule has 4 heteroatoms. The molecule has 0 aromatic heterocycles. The van der Waals surface area contributed by atoms with Gasteiger partial charge in [0.25, 0.3) is 0 Å². The maximum Gasteiger partial charge on any atom is 0.191 e. The third-order valence-electron chi connectivity index (χ3n) is 4.32. The summed E-state index contributed by atoms with van der Waals surface area (Å²) in [7, 11) is 0. The van der Waals surface area contributed by atoms with Crippen LogP contribution < -0.4 is 10.6 Å². The van der Waals surface area contributed by atoms with Crippen LogP contribution in [0.4, 0.5) is 0 Å². The van der Waals surface area contributed by atoms with Gasteiger partial charge in [-0.3, -0.25) is 4.99 Å². The molecule has 0 radical (unpaired) electrons. The number of rotatable bonds is 11. The van der Waals surface area contributed by atoms with Gasteiger partial charge in [-0.1, -0.05) is 51.1 Å². The van der Waals surface area contributed by atoms with Gasteiger partial charge < -0.3 is 15.5 Å². The quantitative estimate of drug-likeness (QED) is 0.370. The smallest absolute Gasteiger partial charge is 0.191 e. The molecular formula is C20H36N4. The van der Waals surface area contributed by atoms with Crippen LogP contribution in [0.5, 0.6) is 0 Å². The van der Waals surface area contributed by atoms with Crippen molar-refractivity contribution in [2.45, 2.75) is 46.5 Å². The molecule has 0 bridgehead atoms. The van der Waals surface area contributed by atoms with Crippen LogP contribution in [-0.2, 0) is 0 Å². The number of nitrogens with one attached hydrogen (secondary N) is 2. The van der Waals surface area contributed by atoms with Gasteiger partial charge >= 0.3 is 0 Å². The molecule has 0 aliphatic rings. The van der Waals surface area contributed by atoms with Gasteiger partial charge in [0.1, 0.15) is 0 Å². The van der Waals surface area contributed by atoms with Crippen molar-refractivity contribution < 1.29 is 0 Å². The SMILES string of the molecule is CCNC(=NCC(C)c1ccccc1)NCCCCN(CC)CC. The van der Waals surface area contributed by atoms with Crippen molar-refractivity contribution in [3.8, 4) is 0 Å². The Morgan fingerprint density at radius 2 is 1.75 bits per heavy atom. The molecule has 1 unspecified atom stereocenters. The zero-order valence-electron chi connectivity index (χ0n) is 16.0. The number of hydrogen-bond donors (Lipinski definition) is 2. The minimum atomic E-state index is 0.435. The van der Waals surface area contributed by atoms with Crippen molar-refractivity contribution in [3.05, 3.63) is 35.9 Å². The van der Waals surface area contributed by atoms with Crippen molar-refractivity contribution in [3.63, 3.8) is 0 Å². The highest BCUT2D eigenvalue weighted by Gasteiger charge is 2.05. The van der Waals surface area contributed by atoms with Gasteiger partial charge in [0.15, 0.2) is 5.96 Å². The summed E-state index contributed by atoms with van der Waals surface area (Å²) in [5.74, 6) is 1.37. The molecule has 2 N–H and O–H groups in total. The largest absolute Gasteiger partial charge is 0.357 e. The average molecular weight is 333 g/mol. The first-order chi connectivity index (χ1) is 11.7. The molecule has 0 spiro atoms. The molecular weight excluding hydrogens is 296 g/mol. The van der Waals surface area contributed by atoms with Crippen LogP contribution in [0.2, 0.25) is 0 Å². The fourth-order valence-corrected chi connectivity index (χ4v) is 2.66. The molecule has 0 aliphatic heterocycles. The van der Waals surface area contributed by atoms with E-state index in [4.69, 9.17) is 4.99 Å². The summed E-state index contributed by atoms with van der Waals surface area (Å²) >= 11 is 0. The Balaban J connectivity index is 2.34. The lowest BCUT2D eigenvalue weighted by atomic mass is 10.0. The molecule has 136 valence electrons. The maximum absolute atomic E-state index is 4.74. The number of guanidine groups is 1. The van der Waals surface area contributed by atoms with Crippen molar-refractivity contribution in [1.82, 2.24) is 15.5 Å². The van der Waals surface area contributed by atoms with Gasteiger partial charge in [0.05, 0.1) is 0 Å². The first-order valence-corrected chi connectivity index (χ1v) is 9.50. The fourth-order valence-electron chi connectivity index (χ4n) is 2.66. The van der Waals surface area contributed by atoms with Crippen LogP contribution in [0.1, 0.15) is 52.0 Å². The van der Waals surface area contributed by atoms with E-state index >= 15 is 0 Å². The zero-order chi connectivity index (χ0) is 17.6. The van der Waals surface area contributed by atoms with E-state index in [0.717, 1.165) is 38.7 Å². The van der Waals surface area contributed by atoms with Gasteiger partial charge in [0.2, 0.25) is 0 Å². The second-order valence-electron chi connectivity index (χ2n) is 6.19. The Morgan fingerprint density at radius 3 is 2.38 bits per heavy atom. The Kier molecular flexibility index (Phi) is 10.9. The van der Waals surface area contributed by atoms with Gasteiger partial charge in [0, 0.05) is 25.6 Å². The number of nitrogens with zero attached hydrogens (tertiary/aromatic N) is 2. The van der Waals surface area contributed by atoms with E-state index in [9.17, 15) is 0 Å². The van der Waals surface area contributed by atoms with E-state index in [2.05, 4.69) is 73.6 Å². The van der Waals surface area contributed by atoms with Crippen molar-refractivity contribution in [1.29, 1.82) is 0 Å². The minimum Gasteiger partial charge on any atom is -0.357 e. The Bertz CT molecular complexity index is 440. The molecule has 0 aliphatic carbocycles. The third kappa shape index (κ3) is 8.34. The molecule has 0 amide bonds. The fraction of sp³-hybridized carbons (Fsp3) is 0.650. The lowest BCUT2D eigenvalue weighted by molar-refractivity contribution is 0.297. The minimum absolute atomic E-state index is 0.435. The van der Waals surface area contributed by atoms with E-state index in [1.165, 1.54) is 24.9 Å². The van der Waals surface area contributed by atoms with Crippen molar-refractivity contribution in [2.24, 2.45) is 4.99 Å². The van der Waals surface area contributed by atoms with Gasteiger partial charge in [-0.15, -0.1) is 0 Å². The summed E-state index contributed by atoms with van der Waals surface area (Å²) in [6, 6.07) is 10.6. The van der Waals surface area contributed by atoms with Crippen LogP contribution in [0.25, 0.3) is 0 Å². The van der Waals surface area contributed by atoms with Crippen molar-refractivity contribution in [2.75, 3.05) is 39.3 Å². The second-order valence-corrected chi connectivity index (χ2v) is 6.19. The van der Waals surface area contributed by atoms with E-state index in [-0.39, 0.29) is 0 Å². The lowest BCUT2D eigenvalue weighted by Crippen LogP contribution is -2.38. The van der Waals surface area contributed by atoms with Gasteiger partial charge in [-0.25, -0.2) is 0 Å². The molecule has 4 nitrogen and oxygen atoms in total. The number of aliphatic imine (C=N–C) groups is 1. The lowest BCUT2D eigenvalue weighted by Gasteiger charge is -2.18. The molecule has 24 heavy (non-hydrogen) atoms. The highest BCUT2D eigenvalue weighted by Crippen LogP contribution is 2.14.